The van der Waals surface area contributed by atoms with Gasteiger partial charge in [0.15, 0.2) is 0 Å². The van der Waals surface area contributed by atoms with Crippen LogP contribution in [-0.2, 0) is 14.8 Å². The Morgan fingerprint density at radius 3 is 2.59 bits per heavy atom. The maximum Gasteiger partial charge on any atom is 0.341 e. The van der Waals surface area contributed by atoms with Crippen molar-refractivity contribution in [2.24, 2.45) is 0 Å². The van der Waals surface area contributed by atoms with Crippen molar-refractivity contribution in [1.82, 2.24) is 4.98 Å². The molecule has 1 N–H and O–H groups in total. The number of hydrogen-bond donors (Lipinski definition) is 1. The van der Waals surface area contributed by atoms with Crippen LogP contribution >= 0.6 is 11.3 Å². The predicted octanol–water partition coefficient (Wildman–Crippen LogP) is 4.74. The summed E-state index contributed by atoms with van der Waals surface area (Å²) < 4.78 is 35.3. The van der Waals surface area contributed by atoms with Gasteiger partial charge >= 0.3 is 5.97 Å². The number of aromatic nitrogens is 1. The number of nitrogens with one attached hydrogen (secondary N) is 1. The van der Waals surface area contributed by atoms with Gasteiger partial charge in [-0.2, -0.15) is 0 Å². The van der Waals surface area contributed by atoms with Crippen molar-refractivity contribution >= 4 is 53.3 Å². The van der Waals surface area contributed by atoms with E-state index in [0.29, 0.717) is 10.2 Å². The first kappa shape index (κ1) is 19.4. The van der Waals surface area contributed by atoms with E-state index in [1.165, 1.54) is 29.7 Å². The third kappa shape index (κ3) is 3.56. The van der Waals surface area contributed by atoms with Crippen LogP contribution in [-0.4, -0.2) is 26.0 Å². The summed E-state index contributed by atoms with van der Waals surface area (Å²) in [7, 11) is -3.91. The molecule has 0 unspecified atom stereocenters. The Morgan fingerprint density at radius 2 is 1.86 bits per heavy atom. The van der Waals surface area contributed by atoms with E-state index in [-0.39, 0.29) is 22.8 Å². The Hall–Kier alpha value is -2.97. The molecule has 8 heteroatoms. The fourth-order valence-electron chi connectivity index (χ4n) is 3.02. The van der Waals surface area contributed by atoms with Crippen molar-refractivity contribution in [3.8, 4) is 0 Å². The molecule has 0 radical (unpaired) electrons. The van der Waals surface area contributed by atoms with E-state index < -0.39 is 16.0 Å². The van der Waals surface area contributed by atoms with Crippen LogP contribution in [0.2, 0.25) is 0 Å². The molecular weight excluding hydrogens is 408 g/mol. The number of fused-ring (bicyclic) bond motifs is 3. The zero-order chi connectivity index (χ0) is 20.6. The number of sulfonamides is 1. The lowest BCUT2D eigenvalue weighted by molar-refractivity contribution is 0.0527. The van der Waals surface area contributed by atoms with Crippen molar-refractivity contribution in [2.75, 3.05) is 11.3 Å². The molecule has 0 atom stereocenters. The molecule has 0 spiro atoms. The Bertz CT molecular complexity index is 1330. The minimum atomic E-state index is -3.91. The van der Waals surface area contributed by atoms with Crippen LogP contribution in [0.5, 0.6) is 0 Å². The summed E-state index contributed by atoms with van der Waals surface area (Å²) in [4.78, 5) is 17.0. The fourth-order valence-corrected chi connectivity index (χ4v) is 5.34. The zero-order valence-corrected chi connectivity index (χ0v) is 17.4. The molecule has 0 saturated heterocycles. The van der Waals surface area contributed by atoms with Crippen LogP contribution < -0.4 is 4.72 Å². The van der Waals surface area contributed by atoms with Gasteiger partial charge in [0, 0.05) is 16.3 Å². The first-order chi connectivity index (χ1) is 13.9. The van der Waals surface area contributed by atoms with Crippen molar-refractivity contribution < 1.29 is 17.9 Å². The number of thiophene rings is 1. The summed E-state index contributed by atoms with van der Waals surface area (Å²) in [5.41, 5.74) is 1.86. The number of carbonyl (C=O) groups is 1. The van der Waals surface area contributed by atoms with Gasteiger partial charge in [-0.15, -0.1) is 11.3 Å². The molecule has 0 bridgehead atoms. The quantitative estimate of drug-likeness (QED) is 0.466. The van der Waals surface area contributed by atoms with Gasteiger partial charge in [0.2, 0.25) is 0 Å². The molecule has 2 aromatic carbocycles. The summed E-state index contributed by atoms with van der Waals surface area (Å²) in [6, 6.07) is 14.2. The Morgan fingerprint density at radius 1 is 1.14 bits per heavy atom. The molecule has 148 valence electrons. The second-order valence-electron chi connectivity index (χ2n) is 6.46. The van der Waals surface area contributed by atoms with E-state index in [4.69, 9.17) is 4.74 Å². The largest absolute Gasteiger partial charge is 0.462 e. The summed E-state index contributed by atoms with van der Waals surface area (Å²) in [6.45, 7) is 3.75. The second-order valence-corrected chi connectivity index (χ2v) is 9.20. The van der Waals surface area contributed by atoms with Crippen LogP contribution in [0, 0.1) is 6.92 Å². The van der Waals surface area contributed by atoms with Gasteiger partial charge in [-0.05, 0) is 32.0 Å². The average Bonchev–Trinajstić information content (AvgIpc) is 3.08. The topological polar surface area (TPSA) is 85.4 Å². The average molecular weight is 427 g/mol. The molecule has 0 amide bonds. The smallest absolute Gasteiger partial charge is 0.341 e. The Kier molecular flexibility index (Phi) is 4.97. The molecule has 0 aliphatic heterocycles. The Balaban J connectivity index is 1.93. The summed E-state index contributed by atoms with van der Waals surface area (Å²) in [6.07, 6.45) is 1.37. The normalized spacial score (nSPS) is 11.7. The van der Waals surface area contributed by atoms with Gasteiger partial charge in [0.1, 0.15) is 5.56 Å². The number of carbonyl (C=O) groups excluding carboxylic acids is 1. The highest BCUT2D eigenvalue weighted by atomic mass is 32.2. The van der Waals surface area contributed by atoms with Crippen LogP contribution in [0.25, 0.3) is 20.3 Å². The number of pyridine rings is 1. The minimum absolute atomic E-state index is 0.0848. The number of nitrogens with zero attached hydrogens (tertiary/aromatic N) is 1. The second kappa shape index (κ2) is 7.46. The number of benzene rings is 2. The van der Waals surface area contributed by atoms with Crippen LogP contribution in [0.3, 0.4) is 0 Å². The number of ether oxygens (including phenoxy) is 1. The van der Waals surface area contributed by atoms with Gasteiger partial charge in [-0.25, -0.2) is 13.2 Å². The monoisotopic (exact) mass is 426 g/mol. The van der Waals surface area contributed by atoms with Gasteiger partial charge in [0.25, 0.3) is 10.0 Å². The van der Waals surface area contributed by atoms with Crippen LogP contribution in [0.15, 0.2) is 59.6 Å². The van der Waals surface area contributed by atoms with Crippen molar-refractivity contribution in [1.29, 1.82) is 0 Å². The van der Waals surface area contributed by atoms with Crippen molar-refractivity contribution in [3.05, 3.63) is 65.9 Å². The number of esters is 1. The van der Waals surface area contributed by atoms with E-state index in [1.807, 2.05) is 31.2 Å². The highest BCUT2D eigenvalue weighted by Gasteiger charge is 2.24. The highest BCUT2D eigenvalue weighted by Crippen LogP contribution is 2.39. The molecule has 4 rings (SSSR count). The summed E-state index contributed by atoms with van der Waals surface area (Å²) in [5.74, 6) is -0.624. The SMILES string of the molecule is CCOC(=O)c1cnc2c(sc3ccccc32)c1NS(=O)(=O)c1ccc(C)cc1. The van der Waals surface area contributed by atoms with Crippen molar-refractivity contribution in [2.45, 2.75) is 18.7 Å². The van der Waals surface area contributed by atoms with Crippen LogP contribution in [0.1, 0.15) is 22.8 Å². The maximum absolute atomic E-state index is 13.0. The van der Waals surface area contributed by atoms with E-state index in [2.05, 4.69) is 9.71 Å². The molecule has 6 nitrogen and oxygen atoms in total. The maximum atomic E-state index is 13.0. The first-order valence-electron chi connectivity index (χ1n) is 8.97. The summed E-state index contributed by atoms with van der Waals surface area (Å²) >= 11 is 1.38. The zero-order valence-electron chi connectivity index (χ0n) is 15.8. The lowest BCUT2D eigenvalue weighted by atomic mass is 10.2. The van der Waals surface area contributed by atoms with E-state index in [9.17, 15) is 13.2 Å². The minimum Gasteiger partial charge on any atom is -0.462 e. The molecule has 2 heterocycles. The predicted molar refractivity (Wildman–Crippen MR) is 115 cm³/mol. The molecule has 29 heavy (non-hydrogen) atoms. The van der Waals surface area contributed by atoms with Gasteiger partial charge < -0.3 is 4.74 Å². The molecule has 0 saturated carbocycles. The highest BCUT2D eigenvalue weighted by molar-refractivity contribution is 7.92. The first-order valence-corrected chi connectivity index (χ1v) is 11.3. The third-order valence-electron chi connectivity index (χ3n) is 4.45. The van der Waals surface area contributed by atoms with Gasteiger partial charge in [-0.1, -0.05) is 35.9 Å². The molecule has 0 fully saturated rings. The van der Waals surface area contributed by atoms with E-state index in [0.717, 1.165) is 15.6 Å². The number of anilines is 1. The van der Waals surface area contributed by atoms with E-state index in [1.54, 1.807) is 19.1 Å². The summed E-state index contributed by atoms with van der Waals surface area (Å²) in [5, 5.41) is 0.902. The van der Waals surface area contributed by atoms with Crippen molar-refractivity contribution in [3.63, 3.8) is 0 Å². The number of rotatable bonds is 5. The molecular formula is C21H18N2O4S2. The third-order valence-corrected chi connectivity index (χ3v) is 6.99. The van der Waals surface area contributed by atoms with Gasteiger partial charge in [0.05, 0.1) is 27.4 Å². The Labute approximate surface area is 172 Å². The van der Waals surface area contributed by atoms with Crippen LogP contribution in [0.4, 0.5) is 5.69 Å². The van der Waals surface area contributed by atoms with E-state index >= 15 is 0 Å². The van der Waals surface area contributed by atoms with Gasteiger partial charge in [-0.3, -0.25) is 9.71 Å². The molecule has 2 aromatic heterocycles. The number of aryl methyl sites for hydroxylation is 1. The molecule has 0 aliphatic carbocycles. The molecule has 4 aromatic rings. The standard InChI is InChI=1S/C21H18N2O4S2/c1-3-27-21(24)16-12-22-18-15-6-4-5-7-17(15)28-20(18)19(16)23-29(25,26)14-10-8-13(2)9-11-14/h4-12H,3H2,1-2H3,(H,22,23). The number of hydrogen-bond acceptors (Lipinski definition) is 6. The lowest BCUT2D eigenvalue weighted by Crippen LogP contribution is -2.17. The fraction of sp³-hybridized carbons (Fsp3) is 0.143. The molecule has 0 aliphatic rings. The lowest BCUT2D eigenvalue weighted by Gasteiger charge is -2.13.